The smallest absolute Gasteiger partial charge is 0.411 e. The molecule has 1 saturated heterocycles. The number of carboxylic acids is 1. The van der Waals surface area contributed by atoms with Gasteiger partial charge in [0.25, 0.3) is 0 Å². The van der Waals surface area contributed by atoms with Crippen molar-refractivity contribution < 1.29 is 19.4 Å². The van der Waals surface area contributed by atoms with Crippen LogP contribution in [0.3, 0.4) is 0 Å². The normalized spacial score (nSPS) is 21.7. The van der Waals surface area contributed by atoms with Crippen LogP contribution in [0.2, 0.25) is 0 Å². The van der Waals surface area contributed by atoms with Gasteiger partial charge in [-0.3, -0.25) is 4.90 Å². The van der Waals surface area contributed by atoms with Crippen LogP contribution in [-0.4, -0.2) is 40.3 Å². The summed E-state index contributed by atoms with van der Waals surface area (Å²) in [6, 6.07) is 9.11. The van der Waals surface area contributed by atoms with E-state index in [2.05, 4.69) is 0 Å². The summed E-state index contributed by atoms with van der Waals surface area (Å²) in [6.07, 6.45) is 0.684. The van der Waals surface area contributed by atoms with Crippen molar-refractivity contribution in [2.75, 3.05) is 6.54 Å². The van der Waals surface area contributed by atoms with E-state index in [0.717, 1.165) is 12.0 Å². The number of likely N-dealkylation sites (tertiary alicyclic amines) is 1. The third-order valence-corrected chi connectivity index (χ3v) is 3.67. The lowest BCUT2D eigenvalue weighted by Gasteiger charge is -2.26. The maximum absolute atomic E-state index is 12.2. The third kappa shape index (κ3) is 4.23. The Labute approximate surface area is 130 Å². The van der Waals surface area contributed by atoms with E-state index in [1.54, 1.807) is 20.8 Å². The van der Waals surface area contributed by atoms with Crippen molar-refractivity contribution >= 4 is 12.1 Å². The summed E-state index contributed by atoms with van der Waals surface area (Å²) in [5, 5.41) is 9.37. The fraction of sp³-hybridized carbons (Fsp3) is 0.529. The third-order valence-electron chi connectivity index (χ3n) is 3.67. The lowest BCUT2D eigenvalue weighted by Crippen LogP contribution is -2.43. The highest BCUT2D eigenvalue weighted by molar-refractivity contribution is 5.81. The van der Waals surface area contributed by atoms with Crippen molar-refractivity contribution in [2.45, 2.75) is 45.3 Å². The topological polar surface area (TPSA) is 66.8 Å². The summed E-state index contributed by atoms with van der Waals surface area (Å²) in [7, 11) is 0. The summed E-state index contributed by atoms with van der Waals surface area (Å²) in [6.45, 7) is 5.75. The molecule has 0 unspecified atom stereocenters. The van der Waals surface area contributed by atoms with Gasteiger partial charge in [0, 0.05) is 6.54 Å². The molecule has 0 aromatic heterocycles. The first kappa shape index (κ1) is 16.3. The van der Waals surface area contributed by atoms with E-state index in [-0.39, 0.29) is 5.92 Å². The van der Waals surface area contributed by atoms with Gasteiger partial charge in [-0.2, -0.15) is 0 Å². The van der Waals surface area contributed by atoms with Gasteiger partial charge in [0.15, 0.2) is 0 Å². The van der Waals surface area contributed by atoms with Gasteiger partial charge in [-0.15, -0.1) is 0 Å². The van der Waals surface area contributed by atoms with E-state index in [9.17, 15) is 14.7 Å². The van der Waals surface area contributed by atoms with E-state index in [4.69, 9.17) is 4.74 Å². The molecule has 2 rings (SSSR count). The Kier molecular flexibility index (Phi) is 4.74. The molecule has 5 heteroatoms. The van der Waals surface area contributed by atoms with Crippen LogP contribution in [0.15, 0.2) is 30.3 Å². The van der Waals surface area contributed by atoms with Crippen LogP contribution in [0.25, 0.3) is 0 Å². The van der Waals surface area contributed by atoms with Gasteiger partial charge in [0.1, 0.15) is 11.6 Å². The largest absolute Gasteiger partial charge is 0.480 e. The number of benzene rings is 1. The molecule has 22 heavy (non-hydrogen) atoms. The maximum Gasteiger partial charge on any atom is 0.411 e. The number of aliphatic carboxylic acids is 1. The Morgan fingerprint density at radius 2 is 1.91 bits per heavy atom. The summed E-state index contributed by atoms with van der Waals surface area (Å²) < 4.78 is 5.32. The Hall–Kier alpha value is -2.04. The minimum atomic E-state index is -0.971. The minimum absolute atomic E-state index is 0.135. The zero-order valence-corrected chi connectivity index (χ0v) is 13.3. The molecule has 0 bridgehead atoms. The minimum Gasteiger partial charge on any atom is -0.480 e. The summed E-state index contributed by atoms with van der Waals surface area (Å²) in [5.41, 5.74) is 0.528. The van der Waals surface area contributed by atoms with Crippen LogP contribution in [0, 0.1) is 5.92 Å². The van der Waals surface area contributed by atoms with Crippen LogP contribution < -0.4 is 0 Å². The number of hydrogen-bond acceptors (Lipinski definition) is 3. The van der Waals surface area contributed by atoms with Crippen LogP contribution in [0.4, 0.5) is 4.79 Å². The van der Waals surface area contributed by atoms with Crippen molar-refractivity contribution in [1.29, 1.82) is 0 Å². The van der Waals surface area contributed by atoms with E-state index < -0.39 is 23.7 Å². The molecule has 1 aliphatic heterocycles. The highest BCUT2D eigenvalue weighted by atomic mass is 16.6. The second-order valence-electron chi connectivity index (χ2n) is 6.78. The highest BCUT2D eigenvalue weighted by Crippen LogP contribution is 2.28. The number of carboxylic acid groups (broad SMARTS) is 1. The molecule has 0 radical (unpaired) electrons. The summed E-state index contributed by atoms with van der Waals surface area (Å²) in [4.78, 5) is 25.0. The van der Waals surface area contributed by atoms with Crippen LogP contribution in [0.1, 0.15) is 32.8 Å². The van der Waals surface area contributed by atoms with E-state index >= 15 is 0 Å². The van der Waals surface area contributed by atoms with Gasteiger partial charge < -0.3 is 9.84 Å². The molecule has 0 spiro atoms. The molecule has 1 aromatic carbocycles. The van der Waals surface area contributed by atoms with Crippen molar-refractivity contribution in [3.8, 4) is 0 Å². The first-order chi connectivity index (χ1) is 10.3. The molecular weight excluding hydrogens is 282 g/mol. The van der Waals surface area contributed by atoms with Gasteiger partial charge in [0.05, 0.1) is 0 Å². The Bertz CT molecular complexity index is 535. The van der Waals surface area contributed by atoms with E-state index in [1.165, 1.54) is 4.90 Å². The van der Waals surface area contributed by atoms with E-state index in [0.29, 0.717) is 13.0 Å². The lowest BCUT2D eigenvalue weighted by atomic mass is 9.97. The Morgan fingerprint density at radius 3 is 2.45 bits per heavy atom. The summed E-state index contributed by atoms with van der Waals surface area (Å²) in [5.74, 6) is -0.836. The monoisotopic (exact) mass is 305 g/mol. The predicted molar refractivity (Wildman–Crippen MR) is 82.6 cm³/mol. The second kappa shape index (κ2) is 6.38. The standard InChI is InChI=1S/C17H23NO4/c1-17(2,3)22-16(21)18-11-13(10-14(18)15(19)20)9-12-7-5-4-6-8-12/h4-8,13-14H,9-11H2,1-3H3,(H,19,20)/t13-,14+/m0/s1. The average Bonchev–Trinajstić information content (AvgIpc) is 2.82. The van der Waals surface area contributed by atoms with Crippen molar-refractivity contribution in [2.24, 2.45) is 5.92 Å². The predicted octanol–water partition coefficient (Wildman–Crippen LogP) is 2.94. The second-order valence-corrected chi connectivity index (χ2v) is 6.78. The quantitative estimate of drug-likeness (QED) is 0.932. The molecule has 1 fully saturated rings. The number of carbonyl (C=O) groups is 2. The van der Waals surface area contributed by atoms with Gasteiger partial charge >= 0.3 is 12.1 Å². The molecule has 1 heterocycles. The first-order valence-corrected chi connectivity index (χ1v) is 7.52. The van der Waals surface area contributed by atoms with E-state index in [1.807, 2.05) is 30.3 Å². The Morgan fingerprint density at radius 1 is 1.27 bits per heavy atom. The number of rotatable bonds is 3. The van der Waals surface area contributed by atoms with Crippen LogP contribution >= 0.6 is 0 Å². The molecule has 1 aromatic rings. The zero-order chi connectivity index (χ0) is 16.3. The fourth-order valence-electron chi connectivity index (χ4n) is 2.77. The fourth-order valence-corrected chi connectivity index (χ4v) is 2.77. The summed E-state index contributed by atoms with van der Waals surface area (Å²) >= 11 is 0. The lowest BCUT2D eigenvalue weighted by molar-refractivity contribution is -0.142. The zero-order valence-electron chi connectivity index (χ0n) is 13.3. The molecule has 0 aliphatic carbocycles. The van der Waals surface area contributed by atoms with Crippen molar-refractivity contribution in [3.05, 3.63) is 35.9 Å². The van der Waals surface area contributed by atoms with Gasteiger partial charge in [-0.25, -0.2) is 9.59 Å². The van der Waals surface area contributed by atoms with Crippen LogP contribution in [0.5, 0.6) is 0 Å². The number of nitrogens with zero attached hydrogens (tertiary/aromatic N) is 1. The van der Waals surface area contributed by atoms with Crippen molar-refractivity contribution in [1.82, 2.24) is 4.90 Å². The molecule has 2 atom stereocenters. The van der Waals surface area contributed by atoms with Gasteiger partial charge in [-0.1, -0.05) is 30.3 Å². The number of amides is 1. The van der Waals surface area contributed by atoms with Gasteiger partial charge in [-0.05, 0) is 45.1 Å². The van der Waals surface area contributed by atoms with Crippen LogP contribution in [-0.2, 0) is 16.0 Å². The molecule has 1 N–H and O–H groups in total. The number of hydrogen-bond donors (Lipinski definition) is 1. The SMILES string of the molecule is CC(C)(C)OC(=O)N1C[C@@H](Cc2ccccc2)C[C@@H]1C(=O)O. The molecule has 5 nitrogen and oxygen atoms in total. The number of ether oxygens (including phenoxy) is 1. The molecule has 120 valence electrons. The van der Waals surface area contributed by atoms with Gasteiger partial charge in [0.2, 0.25) is 0 Å². The maximum atomic E-state index is 12.2. The average molecular weight is 305 g/mol. The number of carbonyl (C=O) groups excluding carboxylic acids is 1. The first-order valence-electron chi connectivity index (χ1n) is 7.52. The van der Waals surface area contributed by atoms with Crippen molar-refractivity contribution in [3.63, 3.8) is 0 Å². The molecule has 1 amide bonds. The highest BCUT2D eigenvalue weighted by Gasteiger charge is 2.41. The molecule has 0 saturated carbocycles. The molecule has 1 aliphatic rings. The Balaban J connectivity index is 2.06. The molecular formula is C17H23NO4.